The maximum atomic E-state index is 6.83. The molecular formula is C69H42N6O2. The Bertz CT molecular complexity index is 4940. The highest BCUT2D eigenvalue weighted by Crippen LogP contribution is 2.45. The summed E-state index contributed by atoms with van der Waals surface area (Å²) in [6, 6.07) is 82.5. The maximum absolute atomic E-state index is 6.83. The van der Waals surface area contributed by atoms with E-state index >= 15 is 0 Å². The van der Waals surface area contributed by atoms with E-state index in [9.17, 15) is 0 Å². The fourth-order valence-corrected chi connectivity index (χ4v) is 11.9. The van der Waals surface area contributed by atoms with Gasteiger partial charge in [-0.2, -0.15) is 0 Å². The van der Waals surface area contributed by atoms with Crippen LogP contribution in [0.3, 0.4) is 0 Å². The molecule has 0 radical (unpaired) electrons. The van der Waals surface area contributed by atoms with Gasteiger partial charge in [0.05, 0.1) is 27.8 Å². The fraction of sp³-hybridized carbons (Fsp3) is 0.0145. The van der Waals surface area contributed by atoms with Crippen LogP contribution in [0.4, 0.5) is 0 Å². The predicted octanol–water partition coefficient (Wildman–Crippen LogP) is 17.5. The Morgan fingerprint density at radius 3 is 1.32 bits per heavy atom. The Morgan fingerprint density at radius 2 is 0.792 bits per heavy atom. The Labute approximate surface area is 440 Å². The number of pyridine rings is 1. The van der Waals surface area contributed by atoms with E-state index in [1.165, 1.54) is 21.5 Å². The zero-order valence-electron chi connectivity index (χ0n) is 41.3. The summed E-state index contributed by atoms with van der Waals surface area (Å²) < 4.78 is 18.3. The van der Waals surface area contributed by atoms with Gasteiger partial charge in [0.1, 0.15) is 28.2 Å². The molecule has 6 aromatic heterocycles. The Kier molecular flexibility index (Phi) is 9.53. The number of hydrogen-bond acceptors (Lipinski definition) is 6. The van der Waals surface area contributed by atoms with Crippen molar-refractivity contribution in [2.75, 3.05) is 0 Å². The predicted molar refractivity (Wildman–Crippen MR) is 312 cm³/mol. The van der Waals surface area contributed by atoms with E-state index < -0.39 is 0 Å². The lowest BCUT2D eigenvalue weighted by atomic mass is 9.97. The standard InChI is InChI=1S/C69H42N6O2/c1-5-17-42(18-6-1)68-71-62(72-69(73-68)43-19-7-2-8-20-43)40-46-37-47(44-29-31-52-60(38-44)76-58-35-33-56-63(65(52)58)50-25-13-15-27-54(50)74(56)48-21-9-3-10-22-48)41-70-67(46)45-30-32-53-61(39-45)77-59-36-34-57-64(66(53)59)51-26-14-16-28-55(51)75(57)49-23-11-4-12-24-49/h1-39,41H,40H2. The molecule has 360 valence electrons. The molecule has 16 rings (SSSR count). The van der Waals surface area contributed by atoms with Crippen LogP contribution in [0.15, 0.2) is 252 Å². The third kappa shape index (κ3) is 6.86. The second kappa shape index (κ2) is 17.1. The summed E-state index contributed by atoms with van der Waals surface area (Å²) in [5.74, 6) is 1.85. The van der Waals surface area contributed by atoms with Crippen molar-refractivity contribution in [1.29, 1.82) is 0 Å². The zero-order valence-corrected chi connectivity index (χ0v) is 41.3. The second-order valence-electron chi connectivity index (χ2n) is 19.7. The molecule has 16 aromatic rings. The highest BCUT2D eigenvalue weighted by atomic mass is 16.3. The highest BCUT2D eigenvalue weighted by Gasteiger charge is 2.23. The van der Waals surface area contributed by atoms with Crippen molar-refractivity contribution in [3.05, 3.63) is 254 Å². The third-order valence-corrected chi connectivity index (χ3v) is 15.2. The van der Waals surface area contributed by atoms with Gasteiger partial charge in [-0.25, -0.2) is 15.0 Å². The topological polar surface area (TPSA) is 87.7 Å². The second-order valence-corrected chi connectivity index (χ2v) is 19.7. The van der Waals surface area contributed by atoms with Crippen LogP contribution in [0.2, 0.25) is 0 Å². The number of nitrogens with zero attached hydrogens (tertiary/aromatic N) is 6. The molecule has 0 aliphatic heterocycles. The molecule has 0 saturated carbocycles. The molecular weight excluding hydrogens is 945 g/mol. The lowest BCUT2D eigenvalue weighted by Crippen LogP contribution is -2.05. The third-order valence-electron chi connectivity index (χ3n) is 15.2. The molecule has 0 aliphatic carbocycles. The first kappa shape index (κ1) is 43.0. The van der Waals surface area contributed by atoms with E-state index in [1.807, 2.05) is 66.9 Å². The van der Waals surface area contributed by atoms with Gasteiger partial charge in [0, 0.05) is 89.3 Å². The summed E-state index contributed by atoms with van der Waals surface area (Å²) in [7, 11) is 0. The number of aromatic nitrogens is 6. The van der Waals surface area contributed by atoms with Crippen molar-refractivity contribution in [2.24, 2.45) is 0 Å². The summed E-state index contributed by atoms with van der Waals surface area (Å²) in [6.07, 6.45) is 2.35. The molecule has 0 spiro atoms. The summed E-state index contributed by atoms with van der Waals surface area (Å²) in [5, 5.41) is 9.00. The minimum atomic E-state index is 0.381. The average Bonchev–Trinajstić information content (AvgIpc) is 4.35. The normalized spacial score (nSPS) is 11.9. The van der Waals surface area contributed by atoms with Gasteiger partial charge in [-0.3, -0.25) is 4.98 Å². The van der Waals surface area contributed by atoms with E-state index in [0.717, 1.165) is 116 Å². The number of hydrogen-bond donors (Lipinski definition) is 0. The van der Waals surface area contributed by atoms with Gasteiger partial charge in [-0.15, -0.1) is 0 Å². The van der Waals surface area contributed by atoms with Crippen LogP contribution < -0.4 is 0 Å². The molecule has 77 heavy (non-hydrogen) atoms. The van der Waals surface area contributed by atoms with Crippen molar-refractivity contribution in [2.45, 2.75) is 6.42 Å². The molecule has 0 bridgehead atoms. The van der Waals surface area contributed by atoms with Crippen LogP contribution in [0.25, 0.3) is 144 Å². The Balaban J connectivity index is 0.868. The molecule has 6 heterocycles. The Morgan fingerprint density at radius 1 is 0.325 bits per heavy atom. The lowest BCUT2D eigenvalue weighted by Gasteiger charge is -2.13. The van der Waals surface area contributed by atoms with Crippen LogP contribution in [0.5, 0.6) is 0 Å². The summed E-state index contributed by atoms with van der Waals surface area (Å²) >= 11 is 0. The quantitative estimate of drug-likeness (QED) is 0.151. The maximum Gasteiger partial charge on any atom is 0.163 e. The summed E-state index contributed by atoms with van der Waals surface area (Å²) in [4.78, 5) is 20.7. The lowest BCUT2D eigenvalue weighted by molar-refractivity contribution is 0.669. The monoisotopic (exact) mass is 986 g/mol. The summed E-state index contributed by atoms with van der Waals surface area (Å²) in [5.41, 5.74) is 16.5. The van der Waals surface area contributed by atoms with E-state index in [2.05, 4.69) is 185 Å². The number of rotatable bonds is 8. The van der Waals surface area contributed by atoms with Gasteiger partial charge >= 0.3 is 0 Å². The molecule has 8 heteroatoms. The van der Waals surface area contributed by atoms with Gasteiger partial charge < -0.3 is 18.0 Å². The summed E-state index contributed by atoms with van der Waals surface area (Å²) in [6.45, 7) is 0. The van der Waals surface area contributed by atoms with Crippen LogP contribution in [0.1, 0.15) is 11.4 Å². The van der Waals surface area contributed by atoms with Gasteiger partial charge in [-0.05, 0) is 102 Å². The van der Waals surface area contributed by atoms with E-state index in [-0.39, 0.29) is 0 Å². The minimum Gasteiger partial charge on any atom is -0.456 e. The number of furan rings is 2. The van der Waals surface area contributed by atoms with Crippen molar-refractivity contribution in [1.82, 2.24) is 29.1 Å². The molecule has 10 aromatic carbocycles. The first-order valence-electron chi connectivity index (χ1n) is 25.9. The first-order valence-corrected chi connectivity index (χ1v) is 25.9. The van der Waals surface area contributed by atoms with E-state index in [1.54, 1.807) is 0 Å². The minimum absolute atomic E-state index is 0.381. The number of fused-ring (bicyclic) bond motifs is 14. The van der Waals surface area contributed by atoms with Gasteiger partial charge in [-0.1, -0.05) is 146 Å². The largest absolute Gasteiger partial charge is 0.456 e. The van der Waals surface area contributed by atoms with E-state index in [4.69, 9.17) is 28.8 Å². The SMILES string of the molecule is c1ccc(-c2nc(Cc3cc(-c4ccc5c(c4)oc4ccc6c(c7ccccc7n6-c6ccccc6)c45)cnc3-c3ccc4c(c3)oc3ccc5c(c6ccccc6n5-c5ccccc5)c34)nc(-c3ccccc3)n2)cc1. The number of para-hydroxylation sites is 4. The number of benzene rings is 10. The van der Waals surface area contributed by atoms with Gasteiger partial charge in [0.2, 0.25) is 0 Å². The van der Waals surface area contributed by atoms with Crippen molar-refractivity contribution in [3.63, 3.8) is 0 Å². The fourth-order valence-electron chi connectivity index (χ4n) is 11.9. The molecule has 8 nitrogen and oxygen atoms in total. The van der Waals surface area contributed by atoms with Crippen LogP contribution >= 0.6 is 0 Å². The van der Waals surface area contributed by atoms with Crippen LogP contribution in [0, 0.1) is 0 Å². The van der Waals surface area contributed by atoms with Crippen LogP contribution in [-0.2, 0) is 6.42 Å². The first-order chi connectivity index (χ1) is 38.2. The smallest absolute Gasteiger partial charge is 0.163 e. The van der Waals surface area contributed by atoms with E-state index in [0.29, 0.717) is 23.9 Å². The zero-order chi connectivity index (χ0) is 50.6. The Hall–Kier alpha value is -10.4. The van der Waals surface area contributed by atoms with Gasteiger partial charge in [0.15, 0.2) is 11.6 Å². The van der Waals surface area contributed by atoms with Crippen LogP contribution in [-0.4, -0.2) is 29.1 Å². The van der Waals surface area contributed by atoms with Crippen molar-refractivity contribution in [3.8, 4) is 56.5 Å². The molecule has 0 fully saturated rings. The molecule has 0 unspecified atom stereocenters. The molecule has 0 amide bonds. The van der Waals surface area contributed by atoms with Gasteiger partial charge in [0.25, 0.3) is 0 Å². The molecule has 0 saturated heterocycles. The van der Waals surface area contributed by atoms with Crippen molar-refractivity contribution < 1.29 is 8.83 Å². The molecule has 0 N–H and O–H groups in total. The highest BCUT2D eigenvalue weighted by molar-refractivity contribution is 6.29. The molecule has 0 atom stereocenters. The average molecular weight is 987 g/mol. The van der Waals surface area contributed by atoms with Crippen molar-refractivity contribution >= 4 is 87.5 Å². The molecule has 0 aliphatic rings.